The van der Waals surface area contributed by atoms with E-state index in [2.05, 4.69) is 16.7 Å². The summed E-state index contributed by atoms with van der Waals surface area (Å²) in [5, 5.41) is 1.09. The van der Waals surface area contributed by atoms with E-state index in [1.54, 1.807) is 12.1 Å². The second-order valence-electron chi connectivity index (χ2n) is 7.88. The van der Waals surface area contributed by atoms with Crippen LogP contribution in [-0.4, -0.2) is 27.8 Å². The minimum absolute atomic E-state index is 0.0312. The van der Waals surface area contributed by atoms with Crippen LogP contribution in [0, 0.1) is 5.82 Å². The van der Waals surface area contributed by atoms with Gasteiger partial charge in [0.25, 0.3) is 5.91 Å². The Morgan fingerprint density at radius 2 is 1.68 bits per heavy atom. The third kappa shape index (κ3) is 3.14. The summed E-state index contributed by atoms with van der Waals surface area (Å²) in [6, 6.07) is 22.4. The van der Waals surface area contributed by atoms with E-state index in [-0.39, 0.29) is 17.8 Å². The Kier molecular flexibility index (Phi) is 5.03. The highest BCUT2D eigenvalue weighted by Gasteiger charge is 2.40. The standard InChI is InChI=1S/C26H22ClFN2O/c1-29-22-10-5-4-9-21(22)23(24(29)17-11-13-18(28)14-12-17)25-19-7-2-3-8-20(19)26(31)30(25)16-6-15-27/h2-5,7-14,25H,6,15-16H2,1H3/t25-/m1/s1. The van der Waals surface area contributed by atoms with Crippen LogP contribution < -0.4 is 0 Å². The Morgan fingerprint density at radius 1 is 0.968 bits per heavy atom. The van der Waals surface area contributed by atoms with E-state index in [4.69, 9.17) is 11.6 Å². The van der Waals surface area contributed by atoms with Crippen LogP contribution >= 0.6 is 11.6 Å². The van der Waals surface area contributed by atoms with Crippen molar-refractivity contribution in [1.82, 2.24) is 9.47 Å². The van der Waals surface area contributed by atoms with Crippen molar-refractivity contribution in [1.29, 1.82) is 0 Å². The zero-order valence-corrected chi connectivity index (χ0v) is 17.9. The van der Waals surface area contributed by atoms with Gasteiger partial charge in [-0.15, -0.1) is 11.6 Å². The van der Waals surface area contributed by atoms with Crippen molar-refractivity contribution in [2.24, 2.45) is 7.05 Å². The van der Waals surface area contributed by atoms with Crippen molar-refractivity contribution >= 4 is 28.4 Å². The number of aryl methyl sites for hydroxylation is 1. The molecule has 5 rings (SSSR count). The highest BCUT2D eigenvalue weighted by molar-refractivity contribution is 6.17. The summed E-state index contributed by atoms with van der Waals surface area (Å²) in [4.78, 5) is 15.3. The fourth-order valence-electron chi connectivity index (χ4n) is 4.80. The molecule has 1 atom stereocenters. The van der Waals surface area contributed by atoms with Gasteiger partial charge in [0.2, 0.25) is 0 Å². The van der Waals surface area contributed by atoms with Crippen molar-refractivity contribution < 1.29 is 9.18 Å². The van der Waals surface area contributed by atoms with Crippen LogP contribution in [0.25, 0.3) is 22.2 Å². The maximum absolute atomic E-state index is 13.7. The second-order valence-corrected chi connectivity index (χ2v) is 8.25. The third-order valence-electron chi connectivity index (χ3n) is 6.13. The summed E-state index contributed by atoms with van der Waals surface area (Å²) >= 11 is 6.00. The molecule has 0 unspecified atom stereocenters. The van der Waals surface area contributed by atoms with Gasteiger partial charge in [-0.2, -0.15) is 0 Å². The van der Waals surface area contributed by atoms with Gasteiger partial charge in [-0.1, -0.05) is 36.4 Å². The SMILES string of the molecule is Cn1c(-c2ccc(F)cc2)c([C@H]2c3ccccc3C(=O)N2CCCCl)c2ccccc21. The minimum Gasteiger partial charge on any atom is -0.343 e. The van der Waals surface area contributed by atoms with Gasteiger partial charge in [0.15, 0.2) is 0 Å². The maximum atomic E-state index is 13.7. The summed E-state index contributed by atoms with van der Waals surface area (Å²) < 4.78 is 15.8. The first kappa shape index (κ1) is 19.8. The molecule has 2 heterocycles. The summed E-state index contributed by atoms with van der Waals surface area (Å²) in [5.74, 6) is 0.255. The van der Waals surface area contributed by atoms with E-state index in [1.165, 1.54) is 12.1 Å². The highest BCUT2D eigenvalue weighted by Crippen LogP contribution is 2.46. The molecule has 0 saturated carbocycles. The van der Waals surface area contributed by atoms with Gasteiger partial charge in [0.1, 0.15) is 5.82 Å². The number of halogens is 2. The van der Waals surface area contributed by atoms with Crippen LogP contribution in [-0.2, 0) is 7.05 Å². The molecule has 156 valence electrons. The van der Waals surface area contributed by atoms with Gasteiger partial charge in [0.05, 0.1) is 11.7 Å². The zero-order chi connectivity index (χ0) is 21.5. The Balaban J connectivity index is 1.82. The topological polar surface area (TPSA) is 25.2 Å². The zero-order valence-electron chi connectivity index (χ0n) is 17.2. The van der Waals surface area contributed by atoms with Gasteiger partial charge < -0.3 is 9.47 Å². The molecule has 1 aliphatic rings. The van der Waals surface area contributed by atoms with E-state index in [1.807, 2.05) is 48.3 Å². The molecule has 3 nitrogen and oxygen atoms in total. The predicted molar refractivity (Wildman–Crippen MR) is 123 cm³/mol. The van der Waals surface area contributed by atoms with Gasteiger partial charge in [-0.05, 0) is 53.9 Å². The molecule has 3 aromatic carbocycles. The van der Waals surface area contributed by atoms with E-state index >= 15 is 0 Å². The lowest BCUT2D eigenvalue weighted by atomic mass is 9.93. The molecule has 0 bridgehead atoms. The molecule has 0 N–H and O–H groups in total. The molecular formula is C26H22ClFN2O. The van der Waals surface area contributed by atoms with E-state index in [0.29, 0.717) is 18.8 Å². The number of alkyl halides is 1. The van der Waals surface area contributed by atoms with Gasteiger partial charge in [-0.3, -0.25) is 4.79 Å². The lowest BCUT2D eigenvalue weighted by molar-refractivity contribution is 0.0751. The van der Waals surface area contributed by atoms with Crippen molar-refractivity contribution in [3.8, 4) is 11.3 Å². The smallest absolute Gasteiger partial charge is 0.255 e. The number of amides is 1. The van der Waals surface area contributed by atoms with Gasteiger partial charge in [0, 0.05) is 41.5 Å². The molecule has 4 aromatic rings. The van der Waals surface area contributed by atoms with Crippen LogP contribution in [0.1, 0.15) is 33.9 Å². The van der Waals surface area contributed by atoms with E-state index < -0.39 is 0 Å². The normalized spacial score (nSPS) is 15.6. The fourth-order valence-corrected chi connectivity index (χ4v) is 4.92. The second kappa shape index (κ2) is 7.86. The number of aromatic nitrogens is 1. The van der Waals surface area contributed by atoms with Gasteiger partial charge in [-0.25, -0.2) is 4.39 Å². The number of fused-ring (bicyclic) bond motifs is 2. The summed E-state index contributed by atoms with van der Waals surface area (Å²) in [7, 11) is 2.02. The first-order valence-corrected chi connectivity index (χ1v) is 10.9. The molecule has 0 aliphatic carbocycles. The Morgan fingerprint density at radius 3 is 2.45 bits per heavy atom. The van der Waals surface area contributed by atoms with Crippen molar-refractivity contribution in [2.45, 2.75) is 12.5 Å². The van der Waals surface area contributed by atoms with E-state index in [0.717, 1.165) is 38.9 Å². The van der Waals surface area contributed by atoms with Crippen LogP contribution in [0.5, 0.6) is 0 Å². The van der Waals surface area contributed by atoms with Gasteiger partial charge >= 0.3 is 0 Å². The highest BCUT2D eigenvalue weighted by atomic mass is 35.5. The molecule has 5 heteroatoms. The first-order chi connectivity index (χ1) is 15.1. The summed E-state index contributed by atoms with van der Waals surface area (Å²) in [5.41, 5.74) is 5.79. The van der Waals surface area contributed by atoms with Crippen molar-refractivity contribution in [2.75, 3.05) is 12.4 Å². The van der Waals surface area contributed by atoms with Crippen molar-refractivity contribution in [3.63, 3.8) is 0 Å². The Labute approximate surface area is 185 Å². The average Bonchev–Trinajstić information content (AvgIpc) is 3.24. The summed E-state index contributed by atoms with van der Waals surface area (Å²) in [6.45, 7) is 0.577. The molecule has 0 fully saturated rings. The molecule has 31 heavy (non-hydrogen) atoms. The number of hydrogen-bond donors (Lipinski definition) is 0. The average molecular weight is 433 g/mol. The third-order valence-corrected chi connectivity index (χ3v) is 6.40. The molecule has 0 spiro atoms. The molecule has 1 aromatic heterocycles. The number of hydrogen-bond acceptors (Lipinski definition) is 1. The number of benzene rings is 3. The lowest BCUT2D eigenvalue weighted by Crippen LogP contribution is -2.30. The quantitative estimate of drug-likeness (QED) is 0.347. The monoisotopic (exact) mass is 432 g/mol. The summed E-state index contributed by atoms with van der Waals surface area (Å²) in [6.07, 6.45) is 0.717. The number of carbonyl (C=O) groups excluding carboxylic acids is 1. The Bertz CT molecular complexity index is 1280. The molecule has 1 amide bonds. The molecular weight excluding hydrogens is 411 g/mol. The molecule has 0 saturated heterocycles. The number of carbonyl (C=O) groups is 1. The maximum Gasteiger partial charge on any atom is 0.255 e. The molecule has 0 radical (unpaired) electrons. The van der Waals surface area contributed by atoms with Crippen molar-refractivity contribution in [3.05, 3.63) is 95.3 Å². The molecule has 1 aliphatic heterocycles. The first-order valence-electron chi connectivity index (χ1n) is 10.4. The lowest BCUT2D eigenvalue weighted by Gasteiger charge is -2.27. The largest absolute Gasteiger partial charge is 0.343 e. The Hall–Kier alpha value is -3.11. The number of nitrogens with zero attached hydrogens (tertiary/aromatic N) is 2. The van der Waals surface area contributed by atoms with Crippen LogP contribution in [0.3, 0.4) is 0 Å². The fraction of sp³-hybridized carbons (Fsp3) is 0.192. The van der Waals surface area contributed by atoms with Crippen LogP contribution in [0.2, 0.25) is 0 Å². The predicted octanol–water partition coefficient (Wildman–Crippen LogP) is 6.16. The van der Waals surface area contributed by atoms with Crippen LogP contribution in [0.15, 0.2) is 72.8 Å². The number of para-hydroxylation sites is 1. The van der Waals surface area contributed by atoms with E-state index in [9.17, 15) is 9.18 Å². The number of rotatable bonds is 5. The minimum atomic E-state index is -0.269. The van der Waals surface area contributed by atoms with Crippen LogP contribution in [0.4, 0.5) is 4.39 Å².